The molecule has 154 valence electrons. The molecule has 1 fully saturated rings. The van der Waals surface area contributed by atoms with Gasteiger partial charge in [0, 0.05) is 29.5 Å². The molecule has 5 nitrogen and oxygen atoms in total. The first-order valence-corrected chi connectivity index (χ1v) is 11.5. The molecule has 0 unspecified atom stereocenters. The molecule has 1 saturated heterocycles. The van der Waals surface area contributed by atoms with E-state index in [0.717, 1.165) is 41.0 Å². The van der Waals surface area contributed by atoms with Gasteiger partial charge in [-0.1, -0.05) is 28.1 Å². The highest BCUT2D eigenvalue weighted by molar-refractivity contribution is 9.10. The highest BCUT2D eigenvalue weighted by Crippen LogP contribution is 2.25. The zero-order valence-corrected chi connectivity index (χ0v) is 18.9. The number of hydrogen-bond acceptors (Lipinski definition) is 4. The molecular formula is C22H25BrN2O3S. The van der Waals surface area contributed by atoms with Gasteiger partial charge in [0.2, 0.25) is 5.91 Å². The van der Waals surface area contributed by atoms with Gasteiger partial charge in [-0.15, -0.1) is 11.8 Å². The summed E-state index contributed by atoms with van der Waals surface area (Å²) < 4.78 is 6.71. The third kappa shape index (κ3) is 6.24. The van der Waals surface area contributed by atoms with Gasteiger partial charge in [-0.3, -0.25) is 9.59 Å². The molecule has 2 amide bonds. The fraction of sp³-hybridized carbons (Fsp3) is 0.364. The minimum absolute atomic E-state index is 0.0684. The van der Waals surface area contributed by atoms with Crippen LogP contribution in [0.3, 0.4) is 0 Å². The van der Waals surface area contributed by atoms with E-state index in [1.54, 1.807) is 11.9 Å². The molecule has 1 heterocycles. The molecule has 0 aliphatic carbocycles. The number of carbonyl (C=O) groups is 2. The van der Waals surface area contributed by atoms with Crippen LogP contribution in [-0.2, 0) is 4.79 Å². The smallest absolute Gasteiger partial charge is 0.254 e. The first kappa shape index (κ1) is 21.7. The quantitative estimate of drug-likeness (QED) is 0.532. The number of hydrogen-bond donors (Lipinski definition) is 0. The molecular weight excluding hydrogens is 452 g/mol. The van der Waals surface area contributed by atoms with E-state index in [1.807, 2.05) is 53.4 Å². The summed E-state index contributed by atoms with van der Waals surface area (Å²) in [4.78, 5) is 29.6. The van der Waals surface area contributed by atoms with E-state index >= 15 is 0 Å². The van der Waals surface area contributed by atoms with Gasteiger partial charge in [0.15, 0.2) is 0 Å². The molecule has 2 aromatic carbocycles. The van der Waals surface area contributed by atoms with Crippen LogP contribution in [0, 0.1) is 0 Å². The number of amides is 2. The molecule has 0 atom stereocenters. The minimum atomic E-state index is -0.0684. The molecule has 0 aromatic heterocycles. The molecule has 29 heavy (non-hydrogen) atoms. The van der Waals surface area contributed by atoms with Crippen molar-refractivity contribution in [2.75, 3.05) is 39.0 Å². The third-order valence-corrected chi connectivity index (χ3v) is 6.37. The number of likely N-dealkylation sites (tertiary alicyclic amines) is 1. The van der Waals surface area contributed by atoms with Crippen LogP contribution in [-0.4, -0.2) is 60.7 Å². The van der Waals surface area contributed by atoms with Gasteiger partial charge in [-0.25, -0.2) is 0 Å². The monoisotopic (exact) mass is 476 g/mol. The van der Waals surface area contributed by atoms with Crippen LogP contribution in [0.4, 0.5) is 0 Å². The highest BCUT2D eigenvalue weighted by atomic mass is 79.9. The molecule has 1 aliphatic rings. The second kappa shape index (κ2) is 10.7. The minimum Gasteiger partial charge on any atom is -0.492 e. The average molecular weight is 477 g/mol. The Morgan fingerprint density at radius 2 is 1.79 bits per heavy atom. The first-order chi connectivity index (χ1) is 14.0. The lowest BCUT2D eigenvalue weighted by molar-refractivity contribution is -0.127. The Kier molecular flexibility index (Phi) is 8.00. The Bertz CT molecular complexity index is 838. The van der Waals surface area contributed by atoms with Gasteiger partial charge in [0.05, 0.1) is 17.9 Å². The van der Waals surface area contributed by atoms with Gasteiger partial charge in [0.25, 0.3) is 5.91 Å². The van der Waals surface area contributed by atoms with Crippen molar-refractivity contribution >= 4 is 39.5 Å². The van der Waals surface area contributed by atoms with Crippen molar-refractivity contribution in [2.24, 2.45) is 0 Å². The van der Waals surface area contributed by atoms with E-state index in [9.17, 15) is 9.59 Å². The molecule has 3 rings (SSSR count). The summed E-state index contributed by atoms with van der Waals surface area (Å²) in [6.45, 7) is 2.58. The standard InChI is InChI=1S/C22H25BrN2O3S/c1-24(14-15-28-18-10-8-17(23)9-11-18)22(27)19-6-2-3-7-20(19)29-16-21(26)25-12-4-5-13-25/h2-3,6-11H,4-5,12-16H2,1H3. The van der Waals surface area contributed by atoms with Crippen LogP contribution in [0.5, 0.6) is 5.75 Å². The Morgan fingerprint density at radius 1 is 1.10 bits per heavy atom. The lowest BCUT2D eigenvalue weighted by Crippen LogP contribution is -2.31. The van der Waals surface area contributed by atoms with Gasteiger partial charge in [0.1, 0.15) is 12.4 Å². The number of likely N-dealkylation sites (N-methyl/N-ethyl adjacent to an activating group) is 1. The van der Waals surface area contributed by atoms with Crippen molar-refractivity contribution in [3.05, 3.63) is 58.6 Å². The zero-order chi connectivity index (χ0) is 20.6. The summed E-state index contributed by atoms with van der Waals surface area (Å²) in [7, 11) is 1.77. The van der Waals surface area contributed by atoms with E-state index in [4.69, 9.17) is 4.74 Å². The number of halogens is 1. The molecule has 7 heteroatoms. The maximum Gasteiger partial charge on any atom is 0.254 e. The second-order valence-electron chi connectivity index (χ2n) is 6.90. The number of benzene rings is 2. The molecule has 0 saturated carbocycles. The Labute approximate surface area is 184 Å². The Hall–Kier alpha value is -1.99. The first-order valence-electron chi connectivity index (χ1n) is 9.68. The van der Waals surface area contributed by atoms with Crippen molar-refractivity contribution in [2.45, 2.75) is 17.7 Å². The van der Waals surface area contributed by atoms with Crippen molar-refractivity contribution in [3.63, 3.8) is 0 Å². The predicted molar refractivity (Wildman–Crippen MR) is 120 cm³/mol. The van der Waals surface area contributed by atoms with Crippen LogP contribution in [0.15, 0.2) is 57.9 Å². The lowest BCUT2D eigenvalue weighted by Gasteiger charge is -2.20. The topological polar surface area (TPSA) is 49.9 Å². The summed E-state index contributed by atoms with van der Waals surface area (Å²) in [6, 6.07) is 15.1. The fourth-order valence-electron chi connectivity index (χ4n) is 3.10. The number of carbonyl (C=O) groups excluding carboxylic acids is 2. The predicted octanol–water partition coefficient (Wildman–Crippen LogP) is 4.31. The summed E-state index contributed by atoms with van der Waals surface area (Å²) in [5.74, 6) is 1.21. The summed E-state index contributed by atoms with van der Waals surface area (Å²) in [5.41, 5.74) is 0.623. The van der Waals surface area contributed by atoms with E-state index in [0.29, 0.717) is 24.5 Å². The fourth-order valence-corrected chi connectivity index (χ4v) is 4.32. The van der Waals surface area contributed by atoms with Gasteiger partial charge < -0.3 is 14.5 Å². The van der Waals surface area contributed by atoms with Crippen LogP contribution >= 0.6 is 27.7 Å². The molecule has 0 radical (unpaired) electrons. The third-order valence-electron chi connectivity index (χ3n) is 4.78. The van der Waals surface area contributed by atoms with Gasteiger partial charge in [-0.05, 0) is 49.2 Å². The molecule has 2 aromatic rings. The normalized spacial score (nSPS) is 13.4. The van der Waals surface area contributed by atoms with Crippen LogP contribution < -0.4 is 4.74 Å². The zero-order valence-electron chi connectivity index (χ0n) is 16.5. The second-order valence-corrected chi connectivity index (χ2v) is 8.83. The largest absolute Gasteiger partial charge is 0.492 e. The number of ether oxygens (including phenoxy) is 1. The van der Waals surface area contributed by atoms with Crippen LogP contribution in [0.2, 0.25) is 0 Å². The van der Waals surface area contributed by atoms with E-state index in [-0.39, 0.29) is 11.8 Å². The summed E-state index contributed by atoms with van der Waals surface area (Å²) in [5, 5.41) is 0. The van der Waals surface area contributed by atoms with Crippen molar-refractivity contribution < 1.29 is 14.3 Å². The number of thioether (sulfide) groups is 1. The van der Waals surface area contributed by atoms with E-state index in [2.05, 4.69) is 15.9 Å². The van der Waals surface area contributed by atoms with Gasteiger partial charge >= 0.3 is 0 Å². The summed E-state index contributed by atoms with van der Waals surface area (Å²) >= 11 is 4.83. The molecule has 0 bridgehead atoms. The Balaban J connectivity index is 1.53. The maximum atomic E-state index is 12.9. The Morgan fingerprint density at radius 3 is 2.52 bits per heavy atom. The van der Waals surface area contributed by atoms with E-state index in [1.165, 1.54) is 11.8 Å². The van der Waals surface area contributed by atoms with Crippen LogP contribution in [0.25, 0.3) is 0 Å². The SMILES string of the molecule is CN(CCOc1ccc(Br)cc1)C(=O)c1ccccc1SCC(=O)N1CCCC1. The molecule has 0 spiro atoms. The van der Waals surface area contributed by atoms with Crippen LogP contribution in [0.1, 0.15) is 23.2 Å². The number of rotatable bonds is 8. The summed E-state index contributed by atoms with van der Waals surface area (Å²) in [6.07, 6.45) is 2.16. The van der Waals surface area contributed by atoms with Crippen molar-refractivity contribution in [1.82, 2.24) is 9.80 Å². The maximum absolute atomic E-state index is 12.9. The lowest BCUT2D eigenvalue weighted by atomic mass is 10.2. The average Bonchev–Trinajstić information content (AvgIpc) is 3.28. The van der Waals surface area contributed by atoms with Gasteiger partial charge in [-0.2, -0.15) is 0 Å². The molecule has 0 N–H and O–H groups in total. The number of nitrogens with zero attached hydrogens (tertiary/aromatic N) is 2. The van der Waals surface area contributed by atoms with Crippen molar-refractivity contribution in [1.29, 1.82) is 0 Å². The van der Waals surface area contributed by atoms with Crippen molar-refractivity contribution in [3.8, 4) is 5.75 Å². The van der Waals surface area contributed by atoms with E-state index < -0.39 is 0 Å². The highest BCUT2D eigenvalue weighted by Gasteiger charge is 2.20. The molecule has 1 aliphatic heterocycles.